The zero-order valence-corrected chi connectivity index (χ0v) is 19.3. The summed E-state index contributed by atoms with van der Waals surface area (Å²) in [5, 5.41) is 14.1. The SMILES string of the molecule is CCN(CC1CCN(C(=NC)NCc2ccc([N+](=O)[O-])cc2)CC1)C(=O)OC(C)(C)C. The number of hydrogen-bond donors (Lipinski definition) is 1. The number of nitro groups is 1. The molecular formula is C22H35N5O4. The van der Waals surface area contributed by atoms with Crippen molar-refractivity contribution in [3.63, 3.8) is 0 Å². The number of non-ortho nitro benzene ring substituents is 1. The molecule has 1 aliphatic rings. The Labute approximate surface area is 184 Å². The molecular weight excluding hydrogens is 398 g/mol. The van der Waals surface area contributed by atoms with Crippen molar-refractivity contribution >= 4 is 17.7 Å². The number of benzene rings is 1. The summed E-state index contributed by atoms with van der Waals surface area (Å²) in [5.41, 5.74) is 0.552. The van der Waals surface area contributed by atoms with Crippen molar-refractivity contribution in [2.24, 2.45) is 10.9 Å². The minimum absolute atomic E-state index is 0.0858. The van der Waals surface area contributed by atoms with Crippen LogP contribution in [0, 0.1) is 16.0 Å². The van der Waals surface area contributed by atoms with E-state index < -0.39 is 10.5 Å². The highest BCUT2D eigenvalue weighted by Crippen LogP contribution is 2.20. The lowest BCUT2D eigenvalue weighted by atomic mass is 9.96. The number of nitro benzene ring substituents is 1. The number of ether oxygens (including phenoxy) is 1. The van der Waals surface area contributed by atoms with Crippen LogP contribution in [0.2, 0.25) is 0 Å². The average molecular weight is 434 g/mol. The molecule has 1 aliphatic heterocycles. The van der Waals surface area contributed by atoms with Crippen molar-refractivity contribution in [3.8, 4) is 0 Å². The zero-order chi connectivity index (χ0) is 23.0. The van der Waals surface area contributed by atoms with Crippen LogP contribution in [0.4, 0.5) is 10.5 Å². The van der Waals surface area contributed by atoms with Gasteiger partial charge in [-0.1, -0.05) is 12.1 Å². The molecule has 1 saturated heterocycles. The standard InChI is InChI=1S/C22H35N5O4/c1-6-25(21(28)31-22(2,3)4)16-18-11-13-26(14-12-18)20(23-5)24-15-17-7-9-19(10-8-17)27(29)30/h7-10,18H,6,11-16H2,1-5H3,(H,23,24). The van der Waals surface area contributed by atoms with Crippen molar-refractivity contribution in [3.05, 3.63) is 39.9 Å². The Hall–Kier alpha value is -2.84. The quantitative estimate of drug-likeness (QED) is 0.318. The van der Waals surface area contributed by atoms with E-state index in [4.69, 9.17) is 4.74 Å². The Morgan fingerprint density at radius 3 is 2.39 bits per heavy atom. The van der Waals surface area contributed by atoms with Gasteiger partial charge in [-0.2, -0.15) is 0 Å². The van der Waals surface area contributed by atoms with Gasteiger partial charge >= 0.3 is 6.09 Å². The van der Waals surface area contributed by atoms with Crippen LogP contribution in [0.25, 0.3) is 0 Å². The smallest absolute Gasteiger partial charge is 0.410 e. The lowest BCUT2D eigenvalue weighted by Crippen LogP contribution is -2.47. The van der Waals surface area contributed by atoms with Crippen LogP contribution in [-0.4, -0.2) is 65.6 Å². The number of guanidine groups is 1. The molecule has 0 atom stereocenters. The number of carbonyl (C=O) groups excluding carboxylic acids is 1. The van der Waals surface area contributed by atoms with Crippen LogP contribution in [0.5, 0.6) is 0 Å². The number of rotatable bonds is 6. The summed E-state index contributed by atoms with van der Waals surface area (Å²) in [7, 11) is 1.76. The monoisotopic (exact) mass is 433 g/mol. The summed E-state index contributed by atoms with van der Waals surface area (Å²) < 4.78 is 5.51. The number of nitrogens with one attached hydrogen (secondary N) is 1. The molecule has 0 aromatic heterocycles. The maximum atomic E-state index is 12.4. The molecule has 172 valence electrons. The molecule has 1 heterocycles. The highest BCUT2D eigenvalue weighted by atomic mass is 16.6. The normalized spacial score (nSPS) is 15.5. The maximum absolute atomic E-state index is 12.4. The van der Waals surface area contributed by atoms with Gasteiger partial charge in [-0.3, -0.25) is 15.1 Å². The summed E-state index contributed by atoms with van der Waals surface area (Å²) in [6.45, 7) is 11.2. The van der Waals surface area contributed by atoms with E-state index in [0.717, 1.165) is 37.5 Å². The van der Waals surface area contributed by atoms with Gasteiger partial charge in [0.05, 0.1) is 4.92 Å². The molecule has 1 fully saturated rings. The molecule has 0 bridgehead atoms. The van der Waals surface area contributed by atoms with Crippen LogP contribution in [-0.2, 0) is 11.3 Å². The molecule has 0 radical (unpaired) electrons. The Kier molecular flexibility index (Phi) is 8.65. The van der Waals surface area contributed by atoms with Crippen molar-refractivity contribution in [1.82, 2.24) is 15.1 Å². The van der Waals surface area contributed by atoms with Gasteiger partial charge in [-0.05, 0) is 52.0 Å². The average Bonchev–Trinajstić information content (AvgIpc) is 2.72. The maximum Gasteiger partial charge on any atom is 0.410 e. The number of likely N-dealkylation sites (tertiary alicyclic amines) is 1. The fourth-order valence-electron chi connectivity index (χ4n) is 3.55. The topological polar surface area (TPSA) is 100 Å². The lowest BCUT2D eigenvalue weighted by molar-refractivity contribution is -0.384. The van der Waals surface area contributed by atoms with Gasteiger partial charge in [0.2, 0.25) is 0 Å². The molecule has 9 nitrogen and oxygen atoms in total. The third-order valence-electron chi connectivity index (χ3n) is 5.24. The summed E-state index contributed by atoms with van der Waals surface area (Å²) in [6, 6.07) is 6.52. The molecule has 2 rings (SSSR count). The number of carbonyl (C=O) groups is 1. The Balaban J connectivity index is 1.83. The molecule has 1 aromatic rings. The van der Waals surface area contributed by atoms with Crippen LogP contribution in [0.1, 0.15) is 46.1 Å². The van der Waals surface area contributed by atoms with Gasteiger partial charge in [0.1, 0.15) is 5.60 Å². The highest BCUT2D eigenvalue weighted by molar-refractivity contribution is 5.80. The third-order valence-corrected chi connectivity index (χ3v) is 5.24. The molecule has 0 unspecified atom stereocenters. The van der Waals surface area contributed by atoms with E-state index in [1.807, 2.05) is 27.7 Å². The lowest BCUT2D eigenvalue weighted by Gasteiger charge is -2.36. The van der Waals surface area contributed by atoms with Crippen LogP contribution in [0.3, 0.4) is 0 Å². The van der Waals surface area contributed by atoms with E-state index in [9.17, 15) is 14.9 Å². The first-order valence-electron chi connectivity index (χ1n) is 10.8. The highest BCUT2D eigenvalue weighted by Gasteiger charge is 2.27. The molecule has 31 heavy (non-hydrogen) atoms. The fourth-order valence-corrected chi connectivity index (χ4v) is 3.55. The molecule has 1 N–H and O–H groups in total. The van der Waals surface area contributed by atoms with E-state index in [0.29, 0.717) is 25.6 Å². The number of aliphatic imine (C=N–C) groups is 1. The largest absolute Gasteiger partial charge is 0.444 e. The second-order valence-electron chi connectivity index (χ2n) is 8.77. The molecule has 1 amide bonds. The Morgan fingerprint density at radius 1 is 1.29 bits per heavy atom. The Bertz CT molecular complexity index is 765. The van der Waals surface area contributed by atoms with Crippen molar-refractivity contribution < 1.29 is 14.5 Å². The number of piperidine rings is 1. The van der Waals surface area contributed by atoms with Crippen LogP contribution < -0.4 is 5.32 Å². The number of amides is 1. The summed E-state index contributed by atoms with van der Waals surface area (Å²) in [6.07, 6.45) is 1.69. The van der Waals surface area contributed by atoms with Gasteiger partial charge in [0.15, 0.2) is 5.96 Å². The number of hydrogen-bond acceptors (Lipinski definition) is 5. The first-order chi connectivity index (χ1) is 14.6. The molecule has 0 spiro atoms. The van der Waals surface area contributed by atoms with E-state index in [1.54, 1.807) is 24.1 Å². The summed E-state index contributed by atoms with van der Waals surface area (Å²) >= 11 is 0. The van der Waals surface area contributed by atoms with E-state index in [2.05, 4.69) is 15.2 Å². The zero-order valence-electron chi connectivity index (χ0n) is 19.3. The summed E-state index contributed by atoms with van der Waals surface area (Å²) in [5.74, 6) is 1.24. The van der Waals surface area contributed by atoms with Crippen molar-refractivity contribution in [2.45, 2.75) is 52.7 Å². The van der Waals surface area contributed by atoms with Gasteiger partial charge < -0.3 is 19.9 Å². The molecule has 9 heteroatoms. The van der Waals surface area contributed by atoms with Gasteiger partial charge in [-0.25, -0.2) is 4.79 Å². The predicted molar refractivity (Wildman–Crippen MR) is 121 cm³/mol. The van der Waals surface area contributed by atoms with E-state index in [1.165, 1.54) is 12.1 Å². The number of nitrogens with zero attached hydrogens (tertiary/aromatic N) is 4. The van der Waals surface area contributed by atoms with Crippen molar-refractivity contribution in [1.29, 1.82) is 0 Å². The van der Waals surface area contributed by atoms with Gasteiger partial charge in [0.25, 0.3) is 5.69 Å². The van der Waals surface area contributed by atoms with Gasteiger partial charge in [0, 0.05) is 51.9 Å². The van der Waals surface area contributed by atoms with Crippen LogP contribution in [0.15, 0.2) is 29.3 Å². The predicted octanol–water partition coefficient (Wildman–Crippen LogP) is 3.64. The minimum Gasteiger partial charge on any atom is -0.444 e. The second-order valence-corrected chi connectivity index (χ2v) is 8.77. The van der Waals surface area contributed by atoms with E-state index >= 15 is 0 Å². The first-order valence-corrected chi connectivity index (χ1v) is 10.8. The molecule has 1 aromatic carbocycles. The van der Waals surface area contributed by atoms with Crippen molar-refractivity contribution in [2.75, 3.05) is 33.2 Å². The molecule has 0 aliphatic carbocycles. The Morgan fingerprint density at radius 2 is 1.90 bits per heavy atom. The van der Waals surface area contributed by atoms with Gasteiger partial charge in [-0.15, -0.1) is 0 Å². The summed E-state index contributed by atoms with van der Waals surface area (Å²) in [4.78, 5) is 31.1. The third kappa shape index (κ3) is 7.73. The van der Waals surface area contributed by atoms with E-state index in [-0.39, 0.29) is 11.8 Å². The van der Waals surface area contributed by atoms with Crippen LogP contribution >= 0.6 is 0 Å². The second kappa shape index (κ2) is 11.0. The fraction of sp³-hybridized carbons (Fsp3) is 0.636. The molecule has 0 saturated carbocycles. The minimum atomic E-state index is -0.490. The first kappa shape index (κ1) is 24.4.